The van der Waals surface area contributed by atoms with Crippen molar-refractivity contribution in [3.05, 3.63) is 70.8 Å². The molecule has 5 heteroatoms. The molecule has 2 aliphatic rings. The molecule has 2 aliphatic carbocycles. The van der Waals surface area contributed by atoms with E-state index in [-0.39, 0.29) is 11.4 Å². The monoisotopic (exact) mass is 312 g/mol. The predicted octanol–water partition coefficient (Wildman–Crippen LogP) is 3.97. The molecule has 0 aromatic heterocycles. The second kappa shape index (κ2) is 6.94. The number of hydrogen-bond acceptors (Lipinski definition) is 2. The van der Waals surface area contributed by atoms with Crippen LogP contribution in [0.1, 0.15) is 20.8 Å². The van der Waals surface area contributed by atoms with E-state index >= 15 is 4.39 Å². The molecule has 0 heterocycles. The van der Waals surface area contributed by atoms with Gasteiger partial charge in [0.2, 0.25) is 0 Å². The number of nitrogens with zero attached hydrogens (tertiary/aromatic N) is 1. The molecule has 2 atom stereocenters. The zero-order valence-corrected chi connectivity index (χ0v) is 13.5. The van der Waals surface area contributed by atoms with Crippen LogP contribution in [0.4, 0.5) is 8.78 Å². The Balaban J connectivity index is 2.43. The van der Waals surface area contributed by atoms with E-state index in [9.17, 15) is 4.39 Å². The highest BCUT2D eigenvalue weighted by atomic mass is 19.1. The van der Waals surface area contributed by atoms with Gasteiger partial charge in [-0.1, -0.05) is 35.9 Å². The van der Waals surface area contributed by atoms with Gasteiger partial charge in [0.25, 0.3) is 0 Å². The van der Waals surface area contributed by atoms with E-state index in [0.717, 1.165) is 0 Å². The van der Waals surface area contributed by atoms with E-state index in [0.29, 0.717) is 11.0 Å². The summed E-state index contributed by atoms with van der Waals surface area (Å²) >= 11 is 0. The molecule has 0 saturated carbocycles. The summed E-state index contributed by atoms with van der Waals surface area (Å²) in [6, 6.07) is 0. The summed E-state index contributed by atoms with van der Waals surface area (Å²) in [5.74, 6) is -0.462. The molecular weight excluding hydrogens is 293 g/mol. The van der Waals surface area contributed by atoms with Crippen LogP contribution in [0.3, 0.4) is 0 Å². The van der Waals surface area contributed by atoms with Crippen LogP contribution < -0.4 is 5.32 Å². The molecule has 2 nitrogen and oxygen atoms in total. The standard InChI is InChI=1S/C18H19BF2N2/c1-4-22-16-12(2)6-5-11-18(3,17(16)21)23-15-10-8-13(19)7-9-14(15)20/h4-11,14,23H,1-3H3. The first kappa shape index (κ1) is 17.2. The van der Waals surface area contributed by atoms with Crippen molar-refractivity contribution in [3.63, 3.8) is 0 Å². The van der Waals surface area contributed by atoms with Gasteiger partial charge in [-0.2, -0.15) is 0 Å². The molecule has 0 aromatic carbocycles. The fourth-order valence-corrected chi connectivity index (χ4v) is 2.38. The molecule has 0 fully saturated rings. The van der Waals surface area contributed by atoms with E-state index in [1.54, 1.807) is 45.1 Å². The fraction of sp³-hybridized carbons (Fsp3) is 0.278. The summed E-state index contributed by atoms with van der Waals surface area (Å²) in [5, 5.41) is 2.95. The highest BCUT2D eigenvalue weighted by Gasteiger charge is 2.33. The van der Waals surface area contributed by atoms with Gasteiger partial charge < -0.3 is 5.32 Å². The highest BCUT2D eigenvalue weighted by molar-refractivity contribution is 6.23. The molecule has 23 heavy (non-hydrogen) atoms. The van der Waals surface area contributed by atoms with E-state index in [4.69, 9.17) is 7.85 Å². The summed E-state index contributed by atoms with van der Waals surface area (Å²) in [4.78, 5) is 4.12. The first-order valence-corrected chi connectivity index (χ1v) is 7.40. The summed E-state index contributed by atoms with van der Waals surface area (Å²) in [6.45, 7) is 5.15. The van der Waals surface area contributed by atoms with E-state index in [1.165, 1.54) is 24.4 Å². The number of nitrogens with one attached hydrogen (secondary N) is 1. The quantitative estimate of drug-likeness (QED) is 0.619. The molecule has 1 N–H and O–H groups in total. The van der Waals surface area contributed by atoms with E-state index < -0.39 is 17.5 Å². The zero-order valence-electron chi connectivity index (χ0n) is 13.5. The number of allylic oxidation sites excluding steroid dienone is 8. The van der Waals surface area contributed by atoms with Crippen LogP contribution in [0.25, 0.3) is 0 Å². The summed E-state index contributed by atoms with van der Waals surface area (Å²) in [6.07, 6.45) is 11.3. The van der Waals surface area contributed by atoms with Crippen molar-refractivity contribution < 1.29 is 8.78 Å². The van der Waals surface area contributed by atoms with Gasteiger partial charge in [-0.3, -0.25) is 4.99 Å². The molecule has 0 spiro atoms. The molecular formula is C18H19BF2N2. The van der Waals surface area contributed by atoms with Crippen LogP contribution in [0.15, 0.2) is 75.8 Å². The number of rotatable bonds is 3. The molecule has 0 bridgehead atoms. The Labute approximate surface area is 137 Å². The van der Waals surface area contributed by atoms with Crippen molar-refractivity contribution in [2.24, 2.45) is 4.99 Å². The van der Waals surface area contributed by atoms with Crippen LogP contribution in [0.2, 0.25) is 0 Å². The molecule has 0 saturated heterocycles. The van der Waals surface area contributed by atoms with Crippen LogP contribution >= 0.6 is 0 Å². The molecule has 2 radical (unpaired) electrons. The predicted molar refractivity (Wildman–Crippen MR) is 92.7 cm³/mol. The summed E-state index contributed by atoms with van der Waals surface area (Å²) in [5.41, 5.74) is 0.438. The maximum Gasteiger partial charge on any atom is 0.158 e. The molecule has 2 rings (SSSR count). The van der Waals surface area contributed by atoms with Gasteiger partial charge in [-0.05, 0) is 38.5 Å². The van der Waals surface area contributed by atoms with Crippen LogP contribution in [-0.4, -0.2) is 25.8 Å². The first-order valence-electron chi connectivity index (χ1n) is 7.40. The average molecular weight is 312 g/mol. The van der Waals surface area contributed by atoms with Crippen molar-refractivity contribution >= 4 is 14.1 Å². The Morgan fingerprint density at radius 3 is 2.78 bits per heavy atom. The fourth-order valence-electron chi connectivity index (χ4n) is 2.38. The Morgan fingerprint density at radius 2 is 2.09 bits per heavy atom. The SMILES string of the molecule is [B]C1=CC=C(NC2(C)C=CC=C(C)C(N=CC)=C2F)C(F)C=C1. The van der Waals surface area contributed by atoms with Crippen LogP contribution in [-0.2, 0) is 0 Å². The Bertz CT molecular complexity index is 696. The molecule has 2 unspecified atom stereocenters. The number of halogens is 2. The van der Waals surface area contributed by atoms with Crippen LogP contribution in [0.5, 0.6) is 0 Å². The molecule has 0 amide bonds. The van der Waals surface area contributed by atoms with Gasteiger partial charge >= 0.3 is 0 Å². The maximum absolute atomic E-state index is 15.1. The van der Waals surface area contributed by atoms with Crippen LogP contribution in [0, 0.1) is 0 Å². The van der Waals surface area contributed by atoms with Crippen molar-refractivity contribution in [1.82, 2.24) is 5.32 Å². The average Bonchev–Trinajstić information content (AvgIpc) is 2.72. The second-order valence-corrected chi connectivity index (χ2v) is 5.64. The molecule has 0 aliphatic heterocycles. The summed E-state index contributed by atoms with van der Waals surface area (Å²) in [7, 11) is 5.67. The van der Waals surface area contributed by atoms with Gasteiger partial charge in [0.15, 0.2) is 12.0 Å². The third kappa shape index (κ3) is 3.78. The third-order valence-electron chi connectivity index (χ3n) is 3.69. The largest absolute Gasteiger partial charge is 0.371 e. The van der Waals surface area contributed by atoms with Gasteiger partial charge in [0, 0.05) is 6.21 Å². The lowest BCUT2D eigenvalue weighted by molar-refractivity contribution is 0.376. The second-order valence-electron chi connectivity index (χ2n) is 5.64. The van der Waals surface area contributed by atoms with Gasteiger partial charge in [0.05, 0.1) is 11.4 Å². The Hall–Kier alpha value is -2.17. The van der Waals surface area contributed by atoms with Crippen molar-refractivity contribution in [3.8, 4) is 0 Å². The number of alkyl halides is 1. The van der Waals surface area contributed by atoms with E-state index in [1.807, 2.05) is 0 Å². The van der Waals surface area contributed by atoms with Crippen molar-refractivity contribution in [2.75, 3.05) is 0 Å². The van der Waals surface area contributed by atoms with Crippen molar-refractivity contribution in [1.29, 1.82) is 0 Å². The van der Waals surface area contributed by atoms with E-state index in [2.05, 4.69) is 10.3 Å². The Kier molecular flexibility index (Phi) is 5.19. The number of hydrogen-bond donors (Lipinski definition) is 1. The van der Waals surface area contributed by atoms with Gasteiger partial charge in [-0.25, -0.2) is 8.78 Å². The smallest absolute Gasteiger partial charge is 0.158 e. The minimum atomic E-state index is -1.39. The third-order valence-corrected chi connectivity index (χ3v) is 3.69. The molecule has 0 aromatic rings. The zero-order chi connectivity index (χ0) is 17.0. The Morgan fingerprint density at radius 1 is 1.35 bits per heavy atom. The first-order chi connectivity index (χ1) is 10.9. The summed E-state index contributed by atoms with van der Waals surface area (Å²) < 4.78 is 29.3. The minimum absolute atomic E-state index is 0.239. The minimum Gasteiger partial charge on any atom is -0.371 e. The normalized spacial score (nSPS) is 28.2. The lowest BCUT2D eigenvalue weighted by atomic mass is 9.95. The number of aliphatic imine (C=N–C) groups is 1. The topological polar surface area (TPSA) is 24.4 Å². The lowest BCUT2D eigenvalue weighted by Gasteiger charge is -2.29. The van der Waals surface area contributed by atoms with Gasteiger partial charge in [-0.15, -0.1) is 0 Å². The lowest BCUT2D eigenvalue weighted by Crippen LogP contribution is -2.43. The highest BCUT2D eigenvalue weighted by Crippen LogP contribution is 2.32. The maximum atomic E-state index is 15.1. The molecule has 118 valence electrons. The van der Waals surface area contributed by atoms with Crippen molar-refractivity contribution in [2.45, 2.75) is 32.5 Å². The van der Waals surface area contributed by atoms with Gasteiger partial charge in [0.1, 0.15) is 13.4 Å².